The number of hydrogen-bond acceptors (Lipinski definition) is 2. The number of amides is 2. The van der Waals surface area contributed by atoms with Crippen molar-refractivity contribution in [3.8, 4) is 0 Å². The van der Waals surface area contributed by atoms with E-state index in [0.29, 0.717) is 12.8 Å². The molecule has 0 aliphatic carbocycles. The van der Waals surface area contributed by atoms with Crippen molar-refractivity contribution in [1.82, 2.24) is 5.32 Å². The van der Waals surface area contributed by atoms with Gasteiger partial charge in [0.25, 0.3) is 0 Å². The lowest BCUT2D eigenvalue weighted by Crippen LogP contribution is -2.40. The molecule has 0 spiro atoms. The van der Waals surface area contributed by atoms with E-state index < -0.39 is 0 Å². The van der Waals surface area contributed by atoms with Crippen molar-refractivity contribution < 1.29 is 9.59 Å². The molecule has 0 aliphatic heterocycles. The zero-order valence-corrected chi connectivity index (χ0v) is 9.49. The fourth-order valence-electron chi connectivity index (χ4n) is 1.51. The van der Waals surface area contributed by atoms with E-state index in [9.17, 15) is 9.59 Å². The normalized spacial score (nSPS) is 10.6. The Bertz CT molecular complexity index is 358. The van der Waals surface area contributed by atoms with Crippen molar-refractivity contribution >= 4 is 18.5 Å². The van der Waals surface area contributed by atoms with E-state index in [0.717, 1.165) is 17.7 Å². The molecule has 1 aromatic carbocycles. The lowest BCUT2D eigenvalue weighted by molar-refractivity contribution is -0.111. The molecule has 4 nitrogen and oxygen atoms in total. The third kappa shape index (κ3) is 3.73. The SMILES string of the molecule is CC(C)(Cc1ccc(NC=O)cc1)NC=O. The Morgan fingerprint density at radius 3 is 2.25 bits per heavy atom. The number of anilines is 1. The number of benzene rings is 1. The van der Waals surface area contributed by atoms with Crippen LogP contribution < -0.4 is 10.6 Å². The van der Waals surface area contributed by atoms with Gasteiger partial charge in [-0.3, -0.25) is 9.59 Å². The number of carbonyl (C=O) groups is 2. The van der Waals surface area contributed by atoms with E-state index in [1.807, 2.05) is 38.1 Å². The van der Waals surface area contributed by atoms with Gasteiger partial charge in [0.05, 0.1) is 0 Å². The van der Waals surface area contributed by atoms with Crippen LogP contribution in [0.5, 0.6) is 0 Å². The van der Waals surface area contributed by atoms with Gasteiger partial charge < -0.3 is 10.6 Å². The molecular weight excluding hydrogens is 204 g/mol. The van der Waals surface area contributed by atoms with E-state index in [2.05, 4.69) is 10.6 Å². The molecule has 16 heavy (non-hydrogen) atoms. The van der Waals surface area contributed by atoms with Crippen LogP contribution in [0.2, 0.25) is 0 Å². The summed E-state index contributed by atoms with van der Waals surface area (Å²) < 4.78 is 0. The zero-order chi connectivity index (χ0) is 12.0. The van der Waals surface area contributed by atoms with Crippen LogP contribution in [0.15, 0.2) is 24.3 Å². The summed E-state index contributed by atoms with van der Waals surface area (Å²) in [6, 6.07) is 7.53. The van der Waals surface area contributed by atoms with Crippen LogP contribution in [0.3, 0.4) is 0 Å². The molecule has 0 saturated carbocycles. The molecule has 0 fully saturated rings. The highest BCUT2D eigenvalue weighted by Gasteiger charge is 2.16. The molecule has 0 heterocycles. The average molecular weight is 220 g/mol. The largest absolute Gasteiger partial charge is 0.353 e. The highest BCUT2D eigenvalue weighted by molar-refractivity contribution is 5.71. The molecule has 1 rings (SSSR count). The second-order valence-corrected chi connectivity index (χ2v) is 4.28. The van der Waals surface area contributed by atoms with Gasteiger partial charge in [-0.15, -0.1) is 0 Å². The van der Waals surface area contributed by atoms with Crippen LogP contribution >= 0.6 is 0 Å². The van der Waals surface area contributed by atoms with E-state index >= 15 is 0 Å². The van der Waals surface area contributed by atoms with Crippen molar-refractivity contribution in [3.63, 3.8) is 0 Å². The van der Waals surface area contributed by atoms with Gasteiger partial charge >= 0.3 is 0 Å². The minimum Gasteiger partial charge on any atom is -0.353 e. The van der Waals surface area contributed by atoms with Crippen molar-refractivity contribution in [2.75, 3.05) is 5.32 Å². The molecule has 0 aliphatic rings. The molecule has 4 heteroatoms. The Morgan fingerprint density at radius 2 is 1.75 bits per heavy atom. The second-order valence-electron chi connectivity index (χ2n) is 4.28. The third-order valence-corrected chi connectivity index (χ3v) is 2.28. The number of carbonyl (C=O) groups excluding carboxylic acids is 2. The van der Waals surface area contributed by atoms with Crippen LogP contribution in [0, 0.1) is 0 Å². The lowest BCUT2D eigenvalue weighted by Gasteiger charge is -2.23. The minimum absolute atomic E-state index is 0.263. The first-order valence-corrected chi connectivity index (χ1v) is 5.08. The lowest BCUT2D eigenvalue weighted by atomic mass is 9.95. The monoisotopic (exact) mass is 220 g/mol. The Hall–Kier alpha value is -1.84. The van der Waals surface area contributed by atoms with E-state index in [1.165, 1.54) is 0 Å². The smallest absolute Gasteiger partial charge is 0.211 e. The maximum atomic E-state index is 10.4. The summed E-state index contributed by atoms with van der Waals surface area (Å²) >= 11 is 0. The van der Waals surface area contributed by atoms with Crippen LogP contribution in [-0.4, -0.2) is 18.4 Å². The van der Waals surface area contributed by atoms with Crippen molar-refractivity contribution in [2.24, 2.45) is 0 Å². The van der Waals surface area contributed by atoms with Gasteiger partial charge in [0.1, 0.15) is 0 Å². The van der Waals surface area contributed by atoms with Crippen LogP contribution in [0.4, 0.5) is 5.69 Å². The summed E-state index contributed by atoms with van der Waals surface area (Å²) in [6.45, 7) is 3.91. The van der Waals surface area contributed by atoms with Gasteiger partial charge in [0.15, 0.2) is 0 Å². The van der Waals surface area contributed by atoms with Crippen molar-refractivity contribution in [1.29, 1.82) is 0 Å². The third-order valence-electron chi connectivity index (χ3n) is 2.28. The van der Waals surface area contributed by atoms with E-state index in [4.69, 9.17) is 0 Å². The first kappa shape index (κ1) is 12.2. The molecule has 0 atom stereocenters. The Labute approximate surface area is 95.0 Å². The van der Waals surface area contributed by atoms with E-state index in [-0.39, 0.29) is 5.54 Å². The van der Waals surface area contributed by atoms with Gasteiger partial charge in [-0.2, -0.15) is 0 Å². The Kier molecular flexibility index (Phi) is 4.05. The maximum Gasteiger partial charge on any atom is 0.211 e. The van der Waals surface area contributed by atoms with Gasteiger partial charge in [-0.05, 0) is 38.0 Å². The van der Waals surface area contributed by atoms with Gasteiger partial charge in [-0.1, -0.05) is 12.1 Å². The second kappa shape index (κ2) is 5.30. The molecule has 0 saturated heterocycles. The summed E-state index contributed by atoms with van der Waals surface area (Å²) in [5, 5.41) is 5.33. The quantitative estimate of drug-likeness (QED) is 0.710. The molecular formula is C12H16N2O2. The molecule has 2 amide bonds. The molecule has 86 valence electrons. The fraction of sp³-hybridized carbons (Fsp3) is 0.333. The zero-order valence-electron chi connectivity index (χ0n) is 9.49. The summed E-state index contributed by atoms with van der Waals surface area (Å²) in [5.41, 5.74) is 1.61. The summed E-state index contributed by atoms with van der Waals surface area (Å²) in [5.74, 6) is 0. The van der Waals surface area contributed by atoms with E-state index in [1.54, 1.807) is 0 Å². The predicted molar refractivity (Wildman–Crippen MR) is 63.1 cm³/mol. The number of nitrogens with one attached hydrogen (secondary N) is 2. The molecule has 2 N–H and O–H groups in total. The molecule has 0 radical (unpaired) electrons. The van der Waals surface area contributed by atoms with Crippen LogP contribution in [0.25, 0.3) is 0 Å². The molecule has 0 aromatic heterocycles. The topological polar surface area (TPSA) is 58.2 Å². The minimum atomic E-state index is -0.263. The molecule has 0 unspecified atom stereocenters. The number of hydrogen-bond donors (Lipinski definition) is 2. The summed E-state index contributed by atoms with van der Waals surface area (Å²) in [4.78, 5) is 20.6. The van der Waals surface area contributed by atoms with Gasteiger partial charge in [-0.25, -0.2) is 0 Å². The highest BCUT2D eigenvalue weighted by atomic mass is 16.1. The summed E-state index contributed by atoms with van der Waals surface area (Å²) in [7, 11) is 0. The maximum absolute atomic E-state index is 10.4. The van der Waals surface area contributed by atoms with Crippen molar-refractivity contribution in [2.45, 2.75) is 25.8 Å². The van der Waals surface area contributed by atoms with Crippen molar-refractivity contribution in [3.05, 3.63) is 29.8 Å². The molecule has 0 bridgehead atoms. The van der Waals surface area contributed by atoms with Gasteiger partial charge in [0, 0.05) is 11.2 Å². The Morgan fingerprint density at radius 1 is 1.12 bits per heavy atom. The van der Waals surface area contributed by atoms with Crippen LogP contribution in [-0.2, 0) is 16.0 Å². The first-order chi connectivity index (χ1) is 7.57. The standard InChI is InChI=1S/C12H16N2O2/c1-12(2,14-9-16)7-10-3-5-11(6-4-10)13-8-15/h3-6,8-9H,7H2,1-2H3,(H,13,15)(H,14,16). The summed E-state index contributed by atoms with van der Waals surface area (Å²) in [6.07, 6.45) is 2.10. The van der Waals surface area contributed by atoms with Crippen LogP contribution in [0.1, 0.15) is 19.4 Å². The fourth-order valence-corrected chi connectivity index (χ4v) is 1.51. The average Bonchev–Trinajstić information content (AvgIpc) is 2.21. The number of rotatable bonds is 6. The molecule has 1 aromatic rings. The predicted octanol–water partition coefficient (Wildman–Crippen LogP) is 1.32. The highest BCUT2D eigenvalue weighted by Crippen LogP contribution is 2.14. The van der Waals surface area contributed by atoms with Gasteiger partial charge in [0.2, 0.25) is 12.8 Å². The Balaban J connectivity index is 2.67. The first-order valence-electron chi connectivity index (χ1n) is 5.08.